The van der Waals surface area contributed by atoms with Crippen molar-refractivity contribution in [2.24, 2.45) is 5.92 Å². The van der Waals surface area contributed by atoms with E-state index in [4.69, 9.17) is 0 Å². The molecule has 130 valence electrons. The highest BCUT2D eigenvalue weighted by Gasteiger charge is 2.51. The smallest absolute Gasteiger partial charge is 0.193 e. The molecular weight excluding hydrogens is 324 g/mol. The van der Waals surface area contributed by atoms with E-state index >= 15 is 0 Å². The molecule has 0 saturated heterocycles. The molecule has 6 heteroatoms. The van der Waals surface area contributed by atoms with Gasteiger partial charge in [-0.3, -0.25) is 19.2 Å². The lowest BCUT2D eigenvalue weighted by Crippen LogP contribution is -2.50. The Morgan fingerprint density at radius 1 is 1.20 bits per heavy atom. The number of benzene rings is 1. The summed E-state index contributed by atoms with van der Waals surface area (Å²) in [5.41, 5.74) is -1.62. The number of Topliss-reactive ketones (excluding diaryl/α,β-unsaturated/α-hetero) is 4. The van der Waals surface area contributed by atoms with Gasteiger partial charge in [-0.2, -0.15) is 0 Å². The first-order valence-corrected chi connectivity index (χ1v) is 8.04. The van der Waals surface area contributed by atoms with E-state index in [1.165, 1.54) is 32.0 Å². The van der Waals surface area contributed by atoms with Crippen LogP contribution in [0.15, 0.2) is 29.3 Å². The number of fused-ring (bicyclic) bond motifs is 1. The van der Waals surface area contributed by atoms with E-state index in [1.807, 2.05) is 0 Å². The third-order valence-corrected chi connectivity index (χ3v) is 4.95. The fraction of sp³-hybridized carbons (Fsp3) is 0.368. The van der Waals surface area contributed by atoms with E-state index in [9.17, 15) is 29.4 Å². The Hall–Kier alpha value is -2.60. The standard InChI is InChI=1S/C19H18O6/c1-9(20)8-19(25)7-6-12-15(16(19)10(2)21)18(24)11-4-3-5-13(22)14(11)17(12)23/h3-5,16,22,25H,6-8H2,1-2H3/t16-,19-/m1/s1. The molecule has 3 rings (SSSR count). The van der Waals surface area contributed by atoms with Gasteiger partial charge in [0.05, 0.1) is 17.1 Å². The van der Waals surface area contributed by atoms with Gasteiger partial charge >= 0.3 is 0 Å². The van der Waals surface area contributed by atoms with Crippen LogP contribution in [0.1, 0.15) is 53.8 Å². The molecule has 0 aliphatic heterocycles. The van der Waals surface area contributed by atoms with E-state index in [-0.39, 0.29) is 53.1 Å². The second-order valence-corrected chi connectivity index (χ2v) is 6.78. The molecule has 0 saturated carbocycles. The zero-order valence-electron chi connectivity index (χ0n) is 14.0. The highest BCUT2D eigenvalue weighted by Crippen LogP contribution is 2.46. The first kappa shape index (κ1) is 17.2. The molecule has 1 aromatic rings. The van der Waals surface area contributed by atoms with Gasteiger partial charge in [-0.05, 0) is 32.8 Å². The average Bonchev–Trinajstić information content (AvgIpc) is 2.50. The summed E-state index contributed by atoms with van der Waals surface area (Å²) in [5.74, 6) is -3.34. The Morgan fingerprint density at radius 3 is 2.48 bits per heavy atom. The predicted octanol–water partition coefficient (Wildman–Crippen LogP) is 1.78. The van der Waals surface area contributed by atoms with Crippen molar-refractivity contribution in [3.8, 4) is 5.75 Å². The molecule has 0 spiro atoms. The normalized spacial score (nSPS) is 25.5. The van der Waals surface area contributed by atoms with Crippen LogP contribution in [0.25, 0.3) is 0 Å². The van der Waals surface area contributed by atoms with Gasteiger partial charge in [-0.25, -0.2) is 0 Å². The number of hydrogen-bond acceptors (Lipinski definition) is 6. The summed E-state index contributed by atoms with van der Waals surface area (Å²) in [6.45, 7) is 2.54. The number of phenolic OH excluding ortho intramolecular Hbond substituents is 1. The predicted molar refractivity (Wildman–Crippen MR) is 87.4 cm³/mol. The van der Waals surface area contributed by atoms with Gasteiger partial charge in [0, 0.05) is 23.1 Å². The van der Waals surface area contributed by atoms with Crippen LogP contribution in [0, 0.1) is 5.92 Å². The fourth-order valence-corrected chi connectivity index (χ4v) is 4.03. The monoisotopic (exact) mass is 342 g/mol. The molecule has 0 amide bonds. The molecule has 1 aromatic carbocycles. The van der Waals surface area contributed by atoms with E-state index in [1.54, 1.807) is 0 Å². The SMILES string of the molecule is CC(=O)C[C@]1(O)CCC2=C(C(=O)c3cccc(O)c3C2=O)[C@H]1C(C)=O. The topological polar surface area (TPSA) is 109 Å². The van der Waals surface area contributed by atoms with Crippen molar-refractivity contribution in [1.82, 2.24) is 0 Å². The largest absolute Gasteiger partial charge is 0.507 e. The molecule has 2 aliphatic rings. The first-order chi connectivity index (χ1) is 11.7. The first-order valence-electron chi connectivity index (χ1n) is 8.04. The maximum atomic E-state index is 13.0. The number of carbonyl (C=O) groups excluding carboxylic acids is 4. The number of aromatic hydroxyl groups is 1. The molecular formula is C19H18O6. The molecule has 0 unspecified atom stereocenters. The zero-order valence-corrected chi connectivity index (χ0v) is 14.0. The van der Waals surface area contributed by atoms with Crippen molar-refractivity contribution < 1.29 is 29.4 Å². The highest BCUT2D eigenvalue weighted by molar-refractivity contribution is 6.29. The highest BCUT2D eigenvalue weighted by atomic mass is 16.3. The Bertz CT molecular complexity index is 863. The molecule has 0 heterocycles. The van der Waals surface area contributed by atoms with Crippen molar-refractivity contribution in [2.75, 3.05) is 0 Å². The number of carbonyl (C=O) groups is 4. The Morgan fingerprint density at radius 2 is 1.88 bits per heavy atom. The summed E-state index contributed by atoms with van der Waals surface area (Å²) in [6, 6.07) is 4.18. The van der Waals surface area contributed by atoms with Gasteiger partial charge in [0.2, 0.25) is 0 Å². The Labute approximate surface area is 144 Å². The average molecular weight is 342 g/mol. The summed E-state index contributed by atoms with van der Waals surface area (Å²) in [7, 11) is 0. The van der Waals surface area contributed by atoms with Crippen LogP contribution >= 0.6 is 0 Å². The molecule has 2 atom stereocenters. The van der Waals surface area contributed by atoms with Crippen molar-refractivity contribution in [3.63, 3.8) is 0 Å². The van der Waals surface area contributed by atoms with Gasteiger partial charge < -0.3 is 10.2 Å². The Kier molecular flexibility index (Phi) is 3.95. The lowest BCUT2D eigenvalue weighted by atomic mass is 9.63. The van der Waals surface area contributed by atoms with Crippen LogP contribution in [0.3, 0.4) is 0 Å². The quantitative estimate of drug-likeness (QED) is 0.867. The van der Waals surface area contributed by atoms with Crippen LogP contribution in [0.2, 0.25) is 0 Å². The summed E-state index contributed by atoms with van der Waals surface area (Å²) >= 11 is 0. The lowest BCUT2D eigenvalue weighted by molar-refractivity contribution is -0.134. The summed E-state index contributed by atoms with van der Waals surface area (Å²) in [4.78, 5) is 49.6. The third-order valence-electron chi connectivity index (χ3n) is 4.95. The fourth-order valence-electron chi connectivity index (χ4n) is 4.03. The second-order valence-electron chi connectivity index (χ2n) is 6.78. The van der Waals surface area contributed by atoms with Gasteiger partial charge in [-0.15, -0.1) is 0 Å². The van der Waals surface area contributed by atoms with Gasteiger partial charge in [0.15, 0.2) is 11.6 Å². The van der Waals surface area contributed by atoms with Gasteiger partial charge in [0.1, 0.15) is 17.3 Å². The molecule has 0 radical (unpaired) electrons. The third kappa shape index (κ3) is 2.53. The minimum atomic E-state index is -1.68. The van der Waals surface area contributed by atoms with E-state index in [0.29, 0.717) is 0 Å². The molecule has 2 N–H and O–H groups in total. The molecule has 0 fully saturated rings. The van der Waals surface area contributed by atoms with Crippen LogP contribution < -0.4 is 0 Å². The van der Waals surface area contributed by atoms with Crippen LogP contribution in [0.4, 0.5) is 0 Å². The number of ketones is 4. The van der Waals surface area contributed by atoms with Crippen molar-refractivity contribution in [2.45, 2.75) is 38.7 Å². The molecule has 0 aromatic heterocycles. The molecule has 6 nitrogen and oxygen atoms in total. The van der Waals surface area contributed by atoms with E-state index in [2.05, 4.69) is 0 Å². The maximum absolute atomic E-state index is 13.0. The van der Waals surface area contributed by atoms with Gasteiger partial charge in [0.25, 0.3) is 0 Å². The number of allylic oxidation sites excluding steroid dienone is 1. The van der Waals surface area contributed by atoms with Gasteiger partial charge in [-0.1, -0.05) is 12.1 Å². The minimum absolute atomic E-state index is 0.0158. The Balaban J connectivity index is 2.22. The summed E-state index contributed by atoms with van der Waals surface area (Å²) in [5, 5.41) is 20.9. The van der Waals surface area contributed by atoms with Crippen LogP contribution in [-0.2, 0) is 9.59 Å². The van der Waals surface area contributed by atoms with Crippen LogP contribution in [-0.4, -0.2) is 38.9 Å². The van der Waals surface area contributed by atoms with E-state index in [0.717, 1.165) is 0 Å². The minimum Gasteiger partial charge on any atom is -0.507 e. The number of hydrogen-bond donors (Lipinski definition) is 2. The summed E-state index contributed by atoms with van der Waals surface area (Å²) < 4.78 is 0. The zero-order chi connectivity index (χ0) is 18.5. The maximum Gasteiger partial charge on any atom is 0.193 e. The van der Waals surface area contributed by atoms with Crippen molar-refractivity contribution in [1.29, 1.82) is 0 Å². The number of phenols is 1. The van der Waals surface area contributed by atoms with Crippen molar-refractivity contribution in [3.05, 3.63) is 40.5 Å². The summed E-state index contributed by atoms with van der Waals surface area (Å²) in [6.07, 6.45) is -0.165. The van der Waals surface area contributed by atoms with Crippen molar-refractivity contribution >= 4 is 23.1 Å². The molecule has 2 aliphatic carbocycles. The molecule has 0 bridgehead atoms. The number of rotatable bonds is 3. The molecule has 25 heavy (non-hydrogen) atoms. The van der Waals surface area contributed by atoms with Crippen LogP contribution in [0.5, 0.6) is 5.75 Å². The van der Waals surface area contributed by atoms with E-state index < -0.39 is 28.9 Å². The number of aliphatic hydroxyl groups is 1. The lowest BCUT2D eigenvalue weighted by Gasteiger charge is -2.41. The second kappa shape index (κ2) is 5.74.